The second kappa shape index (κ2) is 43.9. The summed E-state index contributed by atoms with van der Waals surface area (Å²) in [6.45, 7) is 15.3. The summed E-state index contributed by atoms with van der Waals surface area (Å²) < 4.78 is 54.1. The van der Waals surface area contributed by atoms with Crippen molar-refractivity contribution in [3.8, 4) is 0 Å². The molecule has 286 valence electrons. The standard InChI is InChI=1S/C37H72O11/c1-3-5-6-7-8-9-10-11-12-13-14-15-16-17-18-39-19-20-40-21-22-41-23-24-42-25-26-43-27-28-44-29-30-45-31-32-46-33-34-47-35-36-48-37(38)4-2/h4H,2-3,5-36H2,1H3. The van der Waals surface area contributed by atoms with Gasteiger partial charge in [-0.3, -0.25) is 0 Å². The van der Waals surface area contributed by atoms with Crippen LogP contribution in [0.2, 0.25) is 0 Å². The fraction of sp³-hybridized carbons (Fsp3) is 0.919. The zero-order valence-corrected chi connectivity index (χ0v) is 30.6. The van der Waals surface area contributed by atoms with Gasteiger partial charge in [-0.1, -0.05) is 97.0 Å². The molecule has 0 atom stereocenters. The van der Waals surface area contributed by atoms with Crippen LogP contribution >= 0.6 is 0 Å². The van der Waals surface area contributed by atoms with Gasteiger partial charge in [-0.15, -0.1) is 0 Å². The number of hydrogen-bond acceptors (Lipinski definition) is 11. The predicted molar refractivity (Wildman–Crippen MR) is 189 cm³/mol. The van der Waals surface area contributed by atoms with Gasteiger partial charge in [0, 0.05) is 12.7 Å². The third-order valence-electron chi connectivity index (χ3n) is 7.26. The van der Waals surface area contributed by atoms with Gasteiger partial charge in [0.1, 0.15) is 6.61 Å². The molecule has 0 unspecified atom stereocenters. The van der Waals surface area contributed by atoms with Gasteiger partial charge in [-0.25, -0.2) is 4.79 Å². The summed E-state index contributed by atoms with van der Waals surface area (Å²) in [4.78, 5) is 10.8. The highest BCUT2D eigenvalue weighted by Gasteiger charge is 1.98. The van der Waals surface area contributed by atoms with Gasteiger partial charge in [-0.05, 0) is 6.42 Å². The fourth-order valence-corrected chi connectivity index (χ4v) is 4.52. The topological polar surface area (TPSA) is 109 Å². The van der Waals surface area contributed by atoms with Gasteiger partial charge in [0.2, 0.25) is 0 Å². The van der Waals surface area contributed by atoms with E-state index >= 15 is 0 Å². The first-order valence-corrected chi connectivity index (χ1v) is 18.8. The molecule has 0 aromatic rings. The lowest BCUT2D eigenvalue weighted by Crippen LogP contribution is -2.15. The highest BCUT2D eigenvalue weighted by molar-refractivity contribution is 5.81. The van der Waals surface area contributed by atoms with Gasteiger partial charge in [-0.2, -0.15) is 0 Å². The Labute approximate surface area is 292 Å². The van der Waals surface area contributed by atoms with Crippen LogP contribution < -0.4 is 0 Å². The quantitative estimate of drug-likeness (QED) is 0.0405. The van der Waals surface area contributed by atoms with Gasteiger partial charge in [0.25, 0.3) is 0 Å². The molecule has 0 rings (SSSR count). The van der Waals surface area contributed by atoms with Crippen molar-refractivity contribution in [1.82, 2.24) is 0 Å². The maximum absolute atomic E-state index is 10.8. The summed E-state index contributed by atoms with van der Waals surface area (Å²) in [6.07, 6.45) is 20.3. The third-order valence-corrected chi connectivity index (χ3v) is 7.26. The lowest BCUT2D eigenvalue weighted by molar-refractivity contribution is -0.139. The van der Waals surface area contributed by atoms with E-state index in [1.54, 1.807) is 0 Å². The summed E-state index contributed by atoms with van der Waals surface area (Å²) in [6, 6.07) is 0. The van der Waals surface area contributed by atoms with Crippen molar-refractivity contribution in [1.29, 1.82) is 0 Å². The van der Waals surface area contributed by atoms with E-state index in [1.807, 2.05) is 0 Å². The van der Waals surface area contributed by atoms with Crippen molar-refractivity contribution >= 4 is 5.97 Å². The number of esters is 1. The molecular weight excluding hydrogens is 620 g/mol. The normalized spacial score (nSPS) is 11.4. The molecule has 11 nitrogen and oxygen atoms in total. The summed E-state index contributed by atoms with van der Waals surface area (Å²) in [7, 11) is 0. The molecule has 0 aromatic heterocycles. The molecule has 0 bridgehead atoms. The van der Waals surface area contributed by atoms with Crippen molar-refractivity contribution in [3.05, 3.63) is 12.7 Å². The van der Waals surface area contributed by atoms with Crippen LogP contribution in [0.5, 0.6) is 0 Å². The van der Waals surface area contributed by atoms with Crippen molar-refractivity contribution < 1.29 is 52.2 Å². The average molecular weight is 693 g/mol. The zero-order chi connectivity index (χ0) is 34.7. The van der Waals surface area contributed by atoms with E-state index in [-0.39, 0.29) is 6.61 Å². The van der Waals surface area contributed by atoms with Gasteiger partial charge < -0.3 is 47.4 Å². The molecule has 0 N–H and O–H groups in total. The highest BCUT2D eigenvalue weighted by Crippen LogP contribution is 2.13. The van der Waals surface area contributed by atoms with Crippen LogP contribution in [0.25, 0.3) is 0 Å². The monoisotopic (exact) mass is 693 g/mol. The predicted octanol–water partition coefficient (Wildman–Crippen LogP) is 6.35. The molecule has 48 heavy (non-hydrogen) atoms. The van der Waals surface area contributed by atoms with E-state index in [2.05, 4.69) is 13.5 Å². The number of ether oxygens (including phenoxy) is 10. The largest absolute Gasteiger partial charge is 0.460 e. The van der Waals surface area contributed by atoms with Crippen LogP contribution in [0, 0.1) is 0 Å². The number of carbonyl (C=O) groups excluding carboxylic acids is 1. The van der Waals surface area contributed by atoms with Crippen molar-refractivity contribution in [3.63, 3.8) is 0 Å². The van der Waals surface area contributed by atoms with E-state index in [4.69, 9.17) is 47.4 Å². The summed E-state index contributed by atoms with van der Waals surface area (Å²) in [5.74, 6) is -0.454. The van der Waals surface area contributed by atoms with Crippen LogP contribution in [0.3, 0.4) is 0 Å². The molecule has 0 radical (unpaired) electrons. The lowest BCUT2D eigenvalue weighted by Gasteiger charge is -2.09. The Bertz CT molecular complexity index is 624. The summed E-state index contributed by atoms with van der Waals surface area (Å²) in [5, 5.41) is 0. The number of rotatable bonds is 43. The molecule has 0 aliphatic heterocycles. The van der Waals surface area contributed by atoms with E-state index in [9.17, 15) is 4.79 Å². The van der Waals surface area contributed by atoms with Crippen molar-refractivity contribution in [2.45, 2.75) is 96.8 Å². The second-order valence-corrected chi connectivity index (χ2v) is 11.5. The number of unbranched alkanes of at least 4 members (excludes halogenated alkanes) is 13. The van der Waals surface area contributed by atoms with E-state index in [0.29, 0.717) is 112 Å². The van der Waals surface area contributed by atoms with E-state index in [1.165, 1.54) is 83.5 Å². The third kappa shape index (κ3) is 42.9. The Morgan fingerprint density at radius 1 is 0.354 bits per heavy atom. The van der Waals surface area contributed by atoms with E-state index < -0.39 is 5.97 Å². The second-order valence-electron chi connectivity index (χ2n) is 11.5. The Balaban J connectivity index is 3.05. The zero-order valence-electron chi connectivity index (χ0n) is 30.6. The van der Waals surface area contributed by atoms with Crippen LogP contribution in [0.1, 0.15) is 96.8 Å². The average Bonchev–Trinajstić information content (AvgIpc) is 3.10. The van der Waals surface area contributed by atoms with Crippen LogP contribution in [0.4, 0.5) is 0 Å². The highest BCUT2D eigenvalue weighted by atomic mass is 16.6. The smallest absolute Gasteiger partial charge is 0.330 e. The Hall–Kier alpha value is -1.15. The van der Waals surface area contributed by atoms with E-state index in [0.717, 1.165) is 19.1 Å². The minimum atomic E-state index is -0.454. The molecule has 0 saturated heterocycles. The Kier molecular flexibility index (Phi) is 42.8. The summed E-state index contributed by atoms with van der Waals surface area (Å²) >= 11 is 0. The molecule has 0 heterocycles. The maximum Gasteiger partial charge on any atom is 0.330 e. The summed E-state index contributed by atoms with van der Waals surface area (Å²) in [5.41, 5.74) is 0. The van der Waals surface area contributed by atoms with Crippen molar-refractivity contribution in [2.75, 3.05) is 126 Å². The van der Waals surface area contributed by atoms with Crippen LogP contribution in [-0.4, -0.2) is 132 Å². The first kappa shape index (κ1) is 46.9. The molecule has 0 fully saturated rings. The molecular formula is C37H72O11. The minimum absolute atomic E-state index is 0.204. The Morgan fingerprint density at radius 2 is 0.583 bits per heavy atom. The molecule has 0 saturated carbocycles. The van der Waals surface area contributed by atoms with Crippen molar-refractivity contribution in [2.24, 2.45) is 0 Å². The number of hydrogen-bond donors (Lipinski definition) is 0. The Morgan fingerprint density at radius 3 is 0.854 bits per heavy atom. The first-order chi connectivity index (χ1) is 23.8. The van der Waals surface area contributed by atoms with Crippen LogP contribution in [0.15, 0.2) is 12.7 Å². The molecule has 0 spiro atoms. The molecule has 0 aliphatic carbocycles. The maximum atomic E-state index is 10.8. The first-order valence-electron chi connectivity index (χ1n) is 18.8. The molecule has 0 aromatic carbocycles. The van der Waals surface area contributed by atoms with Crippen LogP contribution in [-0.2, 0) is 52.2 Å². The number of carbonyl (C=O) groups is 1. The van der Waals surface area contributed by atoms with Gasteiger partial charge >= 0.3 is 5.97 Å². The molecule has 11 heteroatoms. The van der Waals surface area contributed by atoms with Gasteiger partial charge in [0.05, 0.1) is 112 Å². The minimum Gasteiger partial charge on any atom is -0.460 e. The fourth-order valence-electron chi connectivity index (χ4n) is 4.52. The lowest BCUT2D eigenvalue weighted by atomic mass is 10.0. The van der Waals surface area contributed by atoms with Gasteiger partial charge in [0.15, 0.2) is 0 Å². The SMILES string of the molecule is C=CC(=O)OCCOCCOCCOCCOCCOCCOCCOCCOCCOCCCCCCCCCCCCCCCC. The molecule has 0 amide bonds. The molecule has 0 aliphatic rings.